The molecule has 13 heavy (non-hydrogen) atoms. The summed E-state index contributed by atoms with van der Waals surface area (Å²) in [5, 5.41) is 7.80. The zero-order valence-corrected chi connectivity index (χ0v) is 7.95. The van der Waals surface area contributed by atoms with Crippen molar-refractivity contribution in [2.75, 3.05) is 18.4 Å². The molecule has 2 rings (SSSR count). The Balaban J connectivity index is 2.19. The van der Waals surface area contributed by atoms with Gasteiger partial charge in [-0.2, -0.15) is 5.10 Å². The van der Waals surface area contributed by atoms with Gasteiger partial charge in [0.05, 0.1) is 5.69 Å². The summed E-state index contributed by atoms with van der Waals surface area (Å²) in [7, 11) is 0. The molecule has 0 spiro atoms. The van der Waals surface area contributed by atoms with Crippen molar-refractivity contribution in [2.24, 2.45) is 11.7 Å². The highest BCUT2D eigenvalue weighted by Gasteiger charge is 2.17. The minimum Gasteiger partial charge on any atom is -0.370 e. The highest BCUT2D eigenvalue weighted by Crippen LogP contribution is 2.18. The Hall–Kier alpha value is -1.03. The number of anilines is 1. The van der Waals surface area contributed by atoms with Crippen molar-refractivity contribution in [3.8, 4) is 0 Å². The summed E-state index contributed by atoms with van der Waals surface area (Å²) in [5.74, 6) is 1.67. The maximum absolute atomic E-state index is 5.62. The van der Waals surface area contributed by atoms with Crippen LogP contribution in [0.2, 0.25) is 0 Å². The van der Waals surface area contributed by atoms with Gasteiger partial charge in [-0.25, -0.2) is 4.68 Å². The molecule has 0 saturated carbocycles. The van der Waals surface area contributed by atoms with E-state index in [2.05, 4.69) is 23.4 Å². The minimum atomic E-state index is 0.525. The summed E-state index contributed by atoms with van der Waals surface area (Å²) in [6.07, 6.45) is 0.995. The van der Waals surface area contributed by atoms with Gasteiger partial charge in [0.2, 0.25) is 0 Å². The van der Waals surface area contributed by atoms with Crippen molar-refractivity contribution in [2.45, 2.75) is 19.9 Å². The SMILES string of the molecule is CCc1cc2n(n1)CC(CN)CN2. The summed E-state index contributed by atoms with van der Waals surface area (Å²) in [5.41, 5.74) is 6.77. The average Bonchev–Trinajstić information content (AvgIpc) is 2.58. The number of fused-ring (bicyclic) bond motifs is 1. The fraction of sp³-hybridized carbons (Fsp3) is 0.667. The van der Waals surface area contributed by atoms with Crippen LogP contribution in [0.3, 0.4) is 0 Å². The van der Waals surface area contributed by atoms with Crippen molar-refractivity contribution in [3.05, 3.63) is 11.8 Å². The summed E-state index contributed by atoms with van der Waals surface area (Å²) < 4.78 is 2.03. The number of hydrogen-bond acceptors (Lipinski definition) is 3. The average molecular weight is 180 g/mol. The topological polar surface area (TPSA) is 55.9 Å². The quantitative estimate of drug-likeness (QED) is 0.694. The molecule has 1 aliphatic rings. The number of nitrogens with zero attached hydrogens (tertiary/aromatic N) is 2. The Labute approximate surface area is 78.1 Å². The van der Waals surface area contributed by atoms with E-state index in [0.29, 0.717) is 5.92 Å². The van der Waals surface area contributed by atoms with Crippen LogP contribution in [0, 0.1) is 5.92 Å². The van der Waals surface area contributed by atoms with Crippen molar-refractivity contribution in [1.29, 1.82) is 0 Å². The van der Waals surface area contributed by atoms with Crippen LogP contribution >= 0.6 is 0 Å². The van der Waals surface area contributed by atoms with Crippen molar-refractivity contribution < 1.29 is 0 Å². The van der Waals surface area contributed by atoms with Crippen LogP contribution in [0.4, 0.5) is 5.82 Å². The molecule has 3 N–H and O–H groups in total. The Kier molecular flexibility index (Phi) is 2.22. The Bertz CT molecular complexity index is 292. The molecule has 0 saturated heterocycles. The predicted molar refractivity (Wildman–Crippen MR) is 52.6 cm³/mol. The van der Waals surface area contributed by atoms with Gasteiger partial charge in [0.15, 0.2) is 0 Å². The van der Waals surface area contributed by atoms with E-state index < -0.39 is 0 Å². The van der Waals surface area contributed by atoms with Gasteiger partial charge < -0.3 is 11.1 Å². The molecule has 1 aliphatic heterocycles. The number of hydrogen-bond donors (Lipinski definition) is 2. The highest BCUT2D eigenvalue weighted by atomic mass is 15.3. The van der Waals surface area contributed by atoms with Crippen molar-refractivity contribution >= 4 is 5.82 Å². The van der Waals surface area contributed by atoms with Gasteiger partial charge in [-0.3, -0.25) is 0 Å². The van der Waals surface area contributed by atoms with Crippen LogP contribution in [0.1, 0.15) is 12.6 Å². The van der Waals surface area contributed by atoms with Crippen LogP contribution < -0.4 is 11.1 Å². The lowest BCUT2D eigenvalue weighted by Gasteiger charge is -2.23. The first kappa shape index (κ1) is 8.56. The van der Waals surface area contributed by atoms with E-state index in [0.717, 1.165) is 37.6 Å². The Morgan fingerprint density at radius 3 is 3.31 bits per heavy atom. The number of aromatic nitrogens is 2. The monoisotopic (exact) mass is 180 g/mol. The number of nitrogens with two attached hydrogens (primary N) is 1. The fourth-order valence-electron chi connectivity index (χ4n) is 1.64. The molecular formula is C9H16N4. The minimum absolute atomic E-state index is 0.525. The lowest BCUT2D eigenvalue weighted by molar-refractivity contribution is 0.421. The first-order valence-electron chi connectivity index (χ1n) is 4.84. The zero-order chi connectivity index (χ0) is 9.26. The second kappa shape index (κ2) is 3.38. The lowest BCUT2D eigenvalue weighted by atomic mass is 10.1. The van der Waals surface area contributed by atoms with Gasteiger partial charge in [0.1, 0.15) is 5.82 Å². The van der Waals surface area contributed by atoms with Crippen molar-refractivity contribution in [1.82, 2.24) is 9.78 Å². The van der Waals surface area contributed by atoms with Gasteiger partial charge in [0, 0.05) is 25.1 Å². The molecule has 1 unspecified atom stereocenters. The molecule has 4 heteroatoms. The molecule has 0 amide bonds. The molecule has 0 radical (unpaired) electrons. The predicted octanol–water partition coefficient (Wildman–Crippen LogP) is 0.446. The molecule has 1 atom stereocenters. The molecule has 1 aromatic heterocycles. The van der Waals surface area contributed by atoms with Crippen LogP contribution in [-0.4, -0.2) is 22.9 Å². The summed E-state index contributed by atoms with van der Waals surface area (Å²) in [6, 6.07) is 2.12. The van der Waals surface area contributed by atoms with E-state index in [1.807, 2.05) is 4.68 Å². The Morgan fingerprint density at radius 1 is 1.77 bits per heavy atom. The van der Waals surface area contributed by atoms with Gasteiger partial charge in [-0.15, -0.1) is 0 Å². The maximum atomic E-state index is 5.62. The largest absolute Gasteiger partial charge is 0.370 e. The van der Waals surface area contributed by atoms with Crippen LogP contribution in [0.5, 0.6) is 0 Å². The van der Waals surface area contributed by atoms with Gasteiger partial charge >= 0.3 is 0 Å². The second-order valence-electron chi connectivity index (χ2n) is 3.54. The smallest absolute Gasteiger partial charge is 0.124 e. The Morgan fingerprint density at radius 2 is 2.62 bits per heavy atom. The van der Waals surface area contributed by atoms with E-state index >= 15 is 0 Å². The second-order valence-corrected chi connectivity index (χ2v) is 3.54. The molecule has 72 valence electrons. The van der Waals surface area contributed by atoms with E-state index in [4.69, 9.17) is 5.73 Å². The number of nitrogens with one attached hydrogen (secondary N) is 1. The summed E-state index contributed by atoms with van der Waals surface area (Å²) >= 11 is 0. The van der Waals surface area contributed by atoms with E-state index in [-0.39, 0.29) is 0 Å². The maximum Gasteiger partial charge on any atom is 0.124 e. The molecule has 0 aromatic carbocycles. The highest BCUT2D eigenvalue weighted by molar-refractivity contribution is 5.38. The fourth-order valence-corrected chi connectivity index (χ4v) is 1.64. The van der Waals surface area contributed by atoms with Gasteiger partial charge in [-0.1, -0.05) is 6.92 Å². The molecule has 0 fully saturated rings. The normalized spacial score (nSPS) is 20.9. The first-order valence-corrected chi connectivity index (χ1v) is 4.84. The third-order valence-electron chi connectivity index (χ3n) is 2.53. The molecule has 1 aromatic rings. The van der Waals surface area contributed by atoms with Crippen LogP contribution in [0.15, 0.2) is 6.07 Å². The van der Waals surface area contributed by atoms with Crippen LogP contribution in [0.25, 0.3) is 0 Å². The van der Waals surface area contributed by atoms with Crippen molar-refractivity contribution in [3.63, 3.8) is 0 Å². The van der Waals surface area contributed by atoms with E-state index in [1.165, 1.54) is 0 Å². The van der Waals surface area contributed by atoms with Gasteiger partial charge in [-0.05, 0) is 13.0 Å². The zero-order valence-electron chi connectivity index (χ0n) is 7.95. The number of rotatable bonds is 2. The van der Waals surface area contributed by atoms with Gasteiger partial charge in [0.25, 0.3) is 0 Å². The van der Waals surface area contributed by atoms with E-state index in [9.17, 15) is 0 Å². The summed E-state index contributed by atoms with van der Waals surface area (Å²) in [6.45, 7) is 4.78. The standard InChI is InChI=1S/C9H16N4/c1-2-8-3-9-11-5-7(4-10)6-13(9)12-8/h3,7,11H,2,4-6,10H2,1H3. The molecule has 4 nitrogen and oxygen atoms in total. The van der Waals surface area contributed by atoms with Crippen LogP contribution in [-0.2, 0) is 13.0 Å². The van der Waals surface area contributed by atoms with E-state index in [1.54, 1.807) is 0 Å². The molecule has 2 heterocycles. The third kappa shape index (κ3) is 1.54. The molecule has 0 aliphatic carbocycles. The third-order valence-corrected chi connectivity index (χ3v) is 2.53. The number of aryl methyl sites for hydroxylation is 1. The summed E-state index contributed by atoms with van der Waals surface area (Å²) in [4.78, 5) is 0. The molecule has 0 bridgehead atoms. The first-order chi connectivity index (χ1) is 6.33. The molecular weight excluding hydrogens is 164 g/mol. The lowest BCUT2D eigenvalue weighted by Crippen LogP contribution is -2.32.